The first-order valence-electron chi connectivity index (χ1n) is 6.09. The van der Waals surface area contributed by atoms with Crippen molar-refractivity contribution >= 4 is 18.4 Å². The molecule has 0 unspecified atom stereocenters. The molecule has 0 aromatic carbocycles. The van der Waals surface area contributed by atoms with Crippen LogP contribution in [0.25, 0.3) is 0 Å². The zero-order valence-electron chi connectivity index (χ0n) is 9.98. The van der Waals surface area contributed by atoms with Crippen LogP contribution < -0.4 is 10.6 Å². The second-order valence-corrected chi connectivity index (χ2v) is 4.36. The van der Waals surface area contributed by atoms with E-state index in [1.54, 1.807) is 0 Å². The molecule has 2 aliphatic rings. The predicted molar refractivity (Wildman–Crippen MR) is 70.1 cm³/mol. The van der Waals surface area contributed by atoms with Crippen LogP contribution in [-0.4, -0.2) is 43.1 Å². The molecule has 0 radical (unpaired) electrons. The molecule has 1 aliphatic carbocycles. The quantitative estimate of drug-likeness (QED) is 0.314. The SMILES string of the molecule is Cl.N#CNC(=NC1CCCC1)N1CCNCC1. The molecule has 2 N–H and O–H groups in total. The molecule has 2 rings (SSSR count). The first-order chi connectivity index (χ1) is 7.90. The Kier molecular flexibility index (Phi) is 6.09. The maximum atomic E-state index is 8.76. The lowest BCUT2D eigenvalue weighted by Gasteiger charge is -2.29. The smallest absolute Gasteiger partial charge is 0.207 e. The third kappa shape index (κ3) is 4.06. The summed E-state index contributed by atoms with van der Waals surface area (Å²) in [6.07, 6.45) is 6.88. The lowest BCUT2D eigenvalue weighted by molar-refractivity contribution is 0.348. The highest BCUT2D eigenvalue weighted by atomic mass is 35.5. The topological polar surface area (TPSA) is 63.5 Å². The Labute approximate surface area is 109 Å². The fourth-order valence-electron chi connectivity index (χ4n) is 2.33. The van der Waals surface area contributed by atoms with Crippen LogP contribution in [0.1, 0.15) is 25.7 Å². The molecule has 2 fully saturated rings. The fraction of sp³-hybridized carbons (Fsp3) is 0.818. The van der Waals surface area contributed by atoms with Gasteiger partial charge in [0.2, 0.25) is 5.96 Å². The van der Waals surface area contributed by atoms with Crippen molar-refractivity contribution in [2.24, 2.45) is 4.99 Å². The van der Waals surface area contributed by atoms with Crippen molar-refractivity contribution in [3.63, 3.8) is 0 Å². The molecule has 1 aliphatic heterocycles. The van der Waals surface area contributed by atoms with Crippen molar-refractivity contribution in [1.82, 2.24) is 15.5 Å². The van der Waals surface area contributed by atoms with Gasteiger partial charge in [-0.2, -0.15) is 5.26 Å². The number of nitrogens with zero attached hydrogens (tertiary/aromatic N) is 3. The van der Waals surface area contributed by atoms with Crippen LogP contribution in [0.15, 0.2) is 4.99 Å². The number of piperazine rings is 1. The van der Waals surface area contributed by atoms with Crippen LogP contribution in [0, 0.1) is 11.5 Å². The summed E-state index contributed by atoms with van der Waals surface area (Å²) in [7, 11) is 0. The van der Waals surface area contributed by atoms with Gasteiger partial charge in [-0.3, -0.25) is 5.32 Å². The maximum Gasteiger partial charge on any atom is 0.207 e. The number of aliphatic imine (C=N–C) groups is 1. The van der Waals surface area contributed by atoms with E-state index >= 15 is 0 Å². The molecule has 0 bridgehead atoms. The van der Waals surface area contributed by atoms with Gasteiger partial charge in [-0.1, -0.05) is 12.8 Å². The molecular formula is C11H20ClN5. The third-order valence-electron chi connectivity index (χ3n) is 3.21. The van der Waals surface area contributed by atoms with Crippen molar-refractivity contribution in [1.29, 1.82) is 5.26 Å². The summed E-state index contributed by atoms with van der Waals surface area (Å²) in [5.74, 6) is 0.774. The summed E-state index contributed by atoms with van der Waals surface area (Å²) in [4.78, 5) is 6.83. The summed E-state index contributed by atoms with van der Waals surface area (Å²) < 4.78 is 0. The predicted octanol–water partition coefficient (Wildman–Crippen LogP) is 0.683. The summed E-state index contributed by atoms with van der Waals surface area (Å²) >= 11 is 0. The average Bonchev–Trinajstić information content (AvgIpc) is 2.83. The van der Waals surface area contributed by atoms with E-state index in [-0.39, 0.29) is 12.4 Å². The minimum Gasteiger partial charge on any atom is -0.340 e. The normalized spacial score (nSPS) is 21.8. The van der Waals surface area contributed by atoms with Crippen LogP contribution in [0.2, 0.25) is 0 Å². The van der Waals surface area contributed by atoms with E-state index in [4.69, 9.17) is 5.26 Å². The van der Waals surface area contributed by atoms with Gasteiger partial charge in [0.15, 0.2) is 6.19 Å². The molecule has 0 aromatic heterocycles. The monoisotopic (exact) mass is 257 g/mol. The maximum absolute atomic E-state index is 8.76. The van der Waals surface area contributed by atoms with Crippen LogP contribution in [0.3, 0.4) is 0 Å². The Bertz CT molecular complexity index is 287. The van der Waals surface area contributed by atoms with Gasteiger partial charge < -0.3 is 10.2 Å². The van der Waals surface area contributed by atoms with Gasteiger partial charge in [-0.15, -0.1) is 12.4 Å². The van der Waals surface area contributed by atoms with Crippen molar-refractivity contribution in [2.45, 2.75) is 31.7 Å². The molecule has 0 atom stereocenters. The summed E-state index contributed by atoms with van der Waals surface area (Å²) in [5.41, 5.74) is 0. The minimum atomic E-state index is 0. The van der Waals surface area contributed by atoms with Gasteiger partial charge in [0, 0.05) is 26.2 Å². The zero-order valence-corrected chi connectivity index (χ0v) is 10.8. The summed E-state index contributed by atoms with van der Waals surface area (Å²) in [5, 5.41) is 14.8. The van der Waals surface area contributed by atoms with E-state index in [1.165, 1.54) is 25.7 Å². The molecule has 1 saturated heterocycles. The number of rotatable bonds is 1. The average molecular weight is 258 g/mol. The van der Waals surface area contributed by atoms with Crippen molar-refractivity contribution in [3.05, 3.63) is 0 Å². The van der Waals surface area contributed by atoms with Crippen LogP contribution >= 0.6 is 12.4 Å². The summed E-state index contributed by atoms with van der Waals surface area (Å²) in [6, 6.07) is 0.422. The Morgan fingerprint density at radius 2 is 1.94 bits per heavy atom. The molecule has 96 valence electrons. The van der Waals surface area contributed by atoms with Gasteiger partial charge in [-0.05, 0) is 12.8 Å². The highest BCUT2D eigenvalue weighted by Gasteiger charge is 2.19. The van der Waals surface area contributed by atoms with Gasteiger partial charge in [0.05, 0.1) is 6.04 Å². The minimum absolute atomic E-state index is 0. The van der Waals surface area contributed by atoms with Crippen molar-refractivity contribution in [3.8, 4) is 6.19 Å². The summed E-state index contributed by atoms with van der Waals surface area (Å²) in [6.45, 7) is 3.80. The molecule has 0 amide bonds. The molecule has 0 aromatic rings. The first kappa shape index (κ1) is 14.1. The number of hydrogen-bond acceptors (Lipinski definition) is 3. The van der Waals surface area contributed by atoms with E-state index in [9.17, 15) is 0 Å². The molecule has 6 heteroatoms. The number of guanidine groups is 1. The van der Waals surface area contributed by atoms with Gasteiger partial charge in [0.25, 0.3) is 0 Å². The highest BCUT2D eigenvalue weighted by Crippen LogP contribution is 2.21. The van der Waals surface area contributed by atoms with Crippen molar-refractivity contribution < 1.29 is 0 Å². The van der Waals surface area contributed by atoms with Gasteiger partial charge in [-0.25, -0.2) is 4.99 Å². The Balaban J connectivity index is 0.00000144. The Morgan fingerprint density at radius 1 is 1.29 bits per heavy atom. The van der Waals surface area contributed by atoms with Crippen LogP contribution in [-0.2, 0) is 0 Å². The van der Waals surface area contributed by atoms with E-state index in [2.05, 4.69) is 20.5 Å². The first-order valence-corrected chi connectivity index (χ1v) is 6.09. The molecule has 1 heterocycles. The molecule has 0 spiro atoms. The lowest BCUT2D eigenvalue weighted by atomic mass is 10.3. The Hall–Kier alpha value is -0.990. The Morgan fingerprint density at radius 3 is 2.53 bits per heavy atom. The van der Waals surface area contributed by atoms with E-state index in [1.807, 2.05) is 6.19 Å². The molecule has 17 heavy (non-hydrogen) atoms. The fourth-order valence-corrected chi connectivity index (χ4v) is 2.33. The van der Waals surface area contributed by atoms with Gasteiger partial charge in [0.1, 0.15) is 0 Å². The van der Waals surface area contributed by atoms with E-state index < -0.39 is 0 Å². The zero-order chi connectivity index (χ0) is 11.2. The van der Waals surface area contributed by atoms with Gasteiger partial charge >= 0.3 is 0 Å². The highest BCUT2D eigenvalue weighted by molar-refractivity contribution is 5.85. The number of nitriles is 1. The molecule has 5 nitrogen and oxygen atoms in total. The third-order valence-corrected chi connectivity index (χ3v) is 3.21. The van der Waals surface area contributed by atoms with Crippen LogP contribution in [0.5, 0.6) is 0 Å². The number of nitrogens with one attached hydrogen (secondary N) is 2. The second kappa shape index (κ2) is 7.36. The lowest BCUT2D eigenvalue weighted by Crippen LogP contribution is -2.50. The van der Waals surface area contributed by atoms with E-state index in [0.29, 0.717) is 6.04 Å². The van der Waals surface area contributed by atoms with Crippen LogP contribution in [0.4, 0.5) is 0 Å². The largest absolute Gasteiger partial charge is 0.340 e. The van der Waals surface area contributed by atoms with Crippen molar-refractivity contribution in [2.75, 3.05) is 26.2 Å². The molecular weight excluding hydrogens is 238 g/mol. The number of halogens is 1. The standard InChI is InChI=1S/C11H19N5.ClH/c12-9-14-11(15-10-3-1-2-4-10)16-7-5-13-6-8-16;/h10,13H,1-8H2,(H,14,15);1H. The van der Waals surface area contributed by atoms with E-state index in [0.717, 1.165) is 32.1 Å². The molecule has 1 saturated carbocycles. The second-order valence-electron chi connectivity index (χ2n) is 4.36. The number of hydrogen-bond donors (Lipinski definition) is 2.